The molecule has 0 aliphatic carbocycles. The Balaban J connectivity index is 1.16. The van der Waals surface area contributed by atoms with Gasteiger partial charge in [-0.3, -0.25) is 19.7 Å². The van der Waals surface area contributed by atoms with Crippen LogP contribution in [0.2, 0.25) is 0 Å². The summed E-state index contributed by atoms with van der Waals surface area (Å²) in [5, 5.41) is 11.8. The highest BCUT2D eigenvalue weighted by Gasteiger charge is 2.35. The topological polar surface area (TPSA) is 91.7 Å². The van der Waals surface area contributed by atoms with Gasteiger partial charge in [-0.25, -0.2) is 4.98 Å². The van der Waals surface area contributed by atoms with E-state index in [0.717, 1.165) is 42.5 Å². The average Bonchev–Trinajstić information content (AvgIpc) is 2.85. The molecule has 0 bridgehead atoms. The number of hydrogen-bond acceptors (Lipinski definition) is 7. The smallest absolute Gasteiger partial charge is 0.274 e. The van der Waals surface area contributed by atoms with Crippen molar-refractivity contribution in [3.05, 3.63) is 60.8 Å². The lowest BCUT2D eigenvalue weighted by Gasteiger charge is -2.43. The summed E-state index contributed by atoms with van der Waals surface area (Å²) in [6, 6.07) is 10.1. The molecule has 1 aromatic carbocycles. The van der Waals surface area contributed by atoms with Gasteiger partial charge >= 0.3 is 0 Å². The van der Waals surface area contributed by atoms with Gasteiger partial charge in [-0.2, -0.15) is 0 Å². The van der Waals surface area contributed by atoms with Crippen LogP contribution >= 0.6 is 0 Å². The normalized spacial score (nSPS) is 22.7. The third kappa shape index (κ3) is 4.28. The second-order valence-corrected chi connectivity index (χ2v) is 8.45. The Kier molecular flexibility index (Phi) is 5.96. The van der Waals surface area contributed by atoms with Gasteiger partial charge in [0.25, 0.3) is 5.91 Å². The number of ether oxygens (including phenoxy) is 1. The number of fused-ring (bicyclic) bond motifs is 1. The number of benzene rings is 1. The molecule has 0 saturated carbocycles. The van der Waals surface area contributed by atoms with Gasteiger partial charge in [-0.05, 0) is 43.5 Å². The lowest BCUT2D eigenvalue weighted by Crippen LogP contribution is -2.55. The number of aromatic nitrogens is 3. The number of carbonyl (C=O) groups is 1. The van der Waals surface area contributed by atoms with Crippen LogP contribution in [0.25, 0.3) is 10.9 Å². The first-order chi connectivity index (χ1) is 15.7. The molecular formula is C24H27N5O3. The lowest BCUT2D eigenvalue weighted by atomic mass is 9.97. The Morgan fingerprint density at radius 3 is 2.66 bits per heavy atom. The lowest BCUT2D eigenvalue weighted by molar-refractivity contribution is -0.0434. The van der Waals surface area contributed by atoms with E-state index in [9.17, 15) is 9.90 Å². The molecule has 5 rings (SSSR count). The Bertz CT molecular complexity index is 1070. The van der Waals surface area contributed by atoms with Crippen molar-refractivity contribution in [1.82, 2.24) is 24.8 Å². The van der Waals surface area contributed by atoms with E-state index >= 15 is 0 Å². The number of hydrogen-bond donors (Lipinski definition) is 1. The van der Waals surface area contributed by atoms with E-state index in [1.807, 2.05) is 35.2 Å². The number of likely N-dealkylation sites (tertiary alicyclic amines) is 2. The molecule has 166 valence electrons. The fourth-order valence-corrected chi connectivity index (χ4v) is 4.75. The number of aliphatic hydroxyl groups is 1. The molecule has 0 spiro atoms. The van der Waals surface area contributed by atoms with Crippen molar-refractivity contribution in [2.75, 3.05) is 26.2 Å². The summed E-state index contributed by atoms with van der Waals surface area (Å²) in [5.74, 6) is 0.706. The van der Waals surface area contributed by atoms with Gasteiger partial charge in [0.1, 0.15) is 23.7 Å². The Labute approximate surface area is 186 Å². The summed E-state index contributed by atoms with van der Waals surface area (Å²) in [5.41, 5.74) is 1.28. The number of piperidine rings is 2. The molecule has 2 aliphatic rings. The zero-order valence-electron chi connectivity index (χ0n) is 17.9. The fourth-order valence-electron chi connectivity index (χ4n) is 4.75. The van der Waals surface area contributed by atoms with Crippen LogP contribution in [0.3, 0.4) is 0 Å². The number of amides is 1. The van der Waals surface area contributed by atoms with Crippen molar-refractivity contribution in [2.24, 2.45) is 0 Å². The second kappa shape index (κ2) is 9.18. The molecule has 0 unspecified atom stereocenters. The van der Waals surface area contributed by atoms with Gasteiger partial charge in [0.05, 0.1) is 11.7 Å². The van der Waals surface area contributed by atoms with E-state index < -0.39 is 6.10 Å². The Morgan fingerprint density at radius 1 is 1.00 bits per heavy atom. The summed E-state index contributed by atoms with van der Waals surface area (Å²) >= 11 is 0. The van der Waals surface area contributed by atoms with Crippen molar-refractivity contribution in [2.45, 2.75) is 37.5 Å². The molecule has 1 amide bonds. The Hall–Kier alpha value is -3.10. The third-order valence-electron chi connectivity index (χ3n) is 6.49. The van der Waals surface area contributed by atoms with E-state index in [0.29, 0.717) is 31.4 Å². The summed E-state index contributed by atoms with van der Waals surface area (Å²) in [4.78, 5) is 29.3. The number of rotatable bonds is 4. The van der Waals surface area contributed by atoms with Crippen molar-refractivity contribution in [3.8, 4) is 5.75 Å². The minimum Gasteiger partial charge on any atom is -0.487 e. The van der Waals surface area contributed by atoms with Crippen molar-refractivity contribution < 1.29 is 14.6 Å². The maximum atomic E-state index is 12.6. The maximum Gasteiger partial charge on any atom is 0.274 e. The van der Waals surface area contributed by atoms with Crippen LogP contribution in [0.5, 0.6) is 5.75 Å². The average molecular weight is 434 g/mol. The predicted molar refractivity (Wildman–Crippen MR) is 119 cm³/mol. The van der Waals surface area contributed by atoms with Gasteiger partial charge in [-0.1, -0.05) is 6.07 Å². The molecule has 2 aromatic heterocycles. The van der Waals surface area contributed by atoms with Crippen molar-refractivity contribution >= 4 is 16.8 Å². The fraction of sp³-hybridized carbons (Fsp3) is 0.417. The summed E-state index contributed by atoms with van der Waals surface area (Å²) < 4.78 is 6.23. The molecule has 2 saturated heterocycles. The second-order valence-electron chi connectivity index (χ2n) is 8.45. The van der Waals surface area contributed by atoms with Crippen LogP contribution in [0.15, 0.2) is 55.1 Å². The van der Waals surface area contributed by atoms with Gasteiger partial charge in [0.15, 0.2) is 0 Å². The molecule has 2 fully saturated rings. The number of carbonyl (C=O) groups excluding carboxylic acids is 1. The van der Waals surface area contributed by atoms with Crippen molar-refractivity contribution in [1.29, 1.82) is 0 Å². The molecule has 32 heavy (non-hydrogen) atoms. The molecule has 3 aromatic rings. The minimum atomic E-state index is -0.560. The highest BCUT2D eigenvalue weighted by atomic mass is 16.5. The zero-order chi connectivity index (χ0) is 21.9. The van der Waals surface area contributed by atoms with Gasteiger partial charge < -0.3 is 14.7 Å². The minimum absolute atomic E-state index is 0.0618. The first-order valence-electron chi connectivity index (χ1n) is 11.2. The highest BCUT2D eigenvalue weighted by molar-refractivity contribution is 5.92. The van der Waals surface area contributed by atoms with Crippen LogP contribution in [0.4, 0.5) is 0 Å². The SMILES string of the molecule is O=C(c1cnccn1)N1CCC(N2CC[C@@H](Oc3cccc4ncccc34)[C@H](O)C2)CC1. The molecule has 8 heteroatoms. The zero-order valence-corrected chi connectivity index (χ0v) is 17.9. The third-order valence-corrected chi connectivity index (χ3v) is 6.49. The highest BCUT2D eigenvalue weighted by Crippen LogP contribution is 2.28. The van der Waals surface area contributed by atoms with Crippen LogP contribution in [0, 0.1) is 0 Å². The summed E-state index contributed by atoms with van der Waals surface area (Å²) in [6.07, 6.45) is 8.13. The van der Waals surface area contributed by atoms with Gasteiger partial charge in [0.2, 0.25) is 0 Å². The monoisotopic (exact) mass is 433 g/mol. The first-order valence-corrected chi connectivity index (χ1v) is 11.2. The molecule has 2 atom stereocenters. The van der Waals surface area contributed by atoms with E-state index in [4.69, 9.17) is 4.74 Å². The van der Waals surface area contributed by atoms with Crippen molar-refractivity contribution in [3.63, 3.8) is 0 Å². The van der Waals surface area contributed by atoms with E-state index in [2.05, 4.69) is 19.9 Å². The van der Waals surface area contributed by atoms with Crippen LogP contribution in [-0.4, -0.2) is 80.2 Å². The van der Waals surface area contributed by atoms with Crippen LogP contribution in [-0.2, 0) is 0 Å². The molecule has 8 nitrogen and oxygen atoms in total. The van der Waals surface area contributed by atoms with E-state index in [-0.39, 0.29) is 12.0 Å². The van der Waals surface area contributed by atoms with Crippen LogP contribution < -0.4 is 4.74 Å². The van der Waals surface area contributed by atoms with Gasteiger partial charge in [-0.15, -0.1) is 0 Å². The Morgan fingerprint density at radius 2 is 1.88 bits per heavy atom. The molecule has 0 radical (unpaired) electrons. The van der Waals surface area contributed by atoms with E-state index in [1.165, 1.54) is 6.20 Å². The summed E-state index contributed by atoms with van der Waals surface area (Å²) in [7, 11) is 0. The predicted octanol–water partition coefficient (Wildman–Crippen LogP) is 2.14. The number of β-amino-alcohol motifs (C(OH)–C–C–N with tert-alkyl or cyclic N) is 1. The van der Waals surface area contributed by atoms with Crippen LogP contribution in [0.1, 0.15) is 29.8 Å². The summed E-state index contributed by atoms with van der Waals surface area (Å²) in [6.45, 7) is 2.83. The first kappa shape index (κ1) is 20.8. The number of aliphatic hydroxyl groups excluding tert-OH is 1. The molecule has 4 heterocycles. The number of pyridine rings is 1. The van der Waals surface area contributed by atoms with Gasteiger partial charge in [0, 0.05) is 56.2 Å². The largest absolute Gasteiger partial charge is 0.487 e. The van der Waals surface area contributed by atoms with E-state index in [1.54, 1.807) is 18.6 Å². The quantitative estimate of drug-likeness (QED) is 0.674. The molecule has 1 N–H and O–H groups in total. The maximum absolute atomic E-state index is 12.6. The number of nitrogens with zero attached hydrogens (tertiary/aromatic N) is 5. The standard InChI is InChI=1S/C24H27N5O3/c30-21-16-29(17-6-12-28(13-7-17)24(31)20-15-25-10-11-27-20)14-8-23(21)32-22-5-1-4-19-18(22)3-2-9-26-19/h1-5,9-11,15,17,21,23,30H,6-8,12-14,16H2/t21-,23-/m1/s1. The molecule has 2 aliphatic heterocycles. The molecular weight excluding hydrogens is 406 g/mol.